The first-order valence-corrected chi connectivity index (χ1v) is 9.20. The van der Waals surface area contributed by atoms with Gasteiger partial charge in [-0.3, -0.25) is 25.0 Å². The van der Waals surface area contributed by atoms with Crippen LogP contribution in [0.1, 0.15) is 10.4 Å². The SMILES string of the molecule is CN(C)S(=O)(=O)c1cccc(C(=O)CNc2ccc([N+](=O)[O-])cc2[N+](=O)[O-])c1. The van der Waals surface area contributed by atoms with Crippen molar-refractivity contribution in [1.82, 2.24) is 4.31 Å². The topological polar surface area (TPSA) is 153 Å². The maximum absolute atomic E-state index is 12.4. The molecule has 0 aliphatic rings. The molecule has 2 rings (SSSR count). The van der Waals surface area contributed by atoms with E-state index in [1.807, 2.05) is 0 Å². The third-order valence-electron chi connectivity index (χ3n) is 3.76. The number of benzene rings is 2. The third-order valence-corrected chi connectivity index (χ3v) is 5.57. The lowest BCUT2D eigenvalue weighted by atomic mass is 10.1. The summed E-state index contributed by atoms with van der Waals surface area (Å²) < 4.78 is 25.3. The molecule has 2 aromatic rings. The van der Waals surface area contributed by atoms with Gasteiger partial charge in [0.2, 0.25) is 10.0 Å². The number of rotatable bonds is 8. The van der Waals surface area contributed by atoms with Crippen LogP contribution in [0.2, 0.25) is 0 Å². The summed E-state index contributed by atoms with van der Waals surface area (Å²) in [4.78, 5) is 32.6. The second-order valence-electron chi connectivity index (χ2n) is 5.81. The van der Waals surface area contributed by atoms with Gasteiger partial charge in [-0.1, -0.05) is 12.1 Å². The zero-order valence-electron chi connectivity index (χ0n) is 14.9. The van der Waals surface area contributed by atoms with E-state index in [0.717, 1.165) is 22.5 Å². The second kappa shape index (κ2) is 8.10. The highest BCUT2D eigenvalue weighted by Crippen LogP contribution is 2.29. The maximum Gasteiger partial charge on any atom is 0.299 e. The van der Waals surface area contributed by atoms with Gasteiger partial charge in [0.1, 0.15) is 5.69 Å². The van der Waals surface area contributed by atoms with Crippen LogP contribution in [0.25, 0.3) is 0 Å². The van der Waals surface area contributed by atoms with Crippen LogP contribution in [-0.2, 0) is 10.0 Å². The molecule has 0 radical (unpaired) electrons. The fraction of sp³-hybridized carbons (Fsp3) is 0.188. The van der Waals surface area contributed by atoms with Gasteiger partial charge in [-0.2, -0.15) is 0 Å². The van der Waals surface area contributed by atoms with Crippen LogP contribution in [-0.4, -0.2) is 49.0 Å². The Hall–Kier alpha value is -3.38. The number of nitro benzene ring substituents is 2. The molecule has 0 amide bonds. The number of hydrogen-bond donors (Lipinski definition) is 1. The predicted octanol–water partition coefficient (Wildman–Crippen LogP) is 2.05. The highest BCUT2D eigenvalue weighted by Gasteiger charge is 2.21. The van der Waals surface area contributed by atoms with E-state index < -0.39 is 37.0 Å². The van der Waals surface area contributed by atoms with E-state index in [1.165, 1.54) is 38.4 Å². The van der Waals surface area contributed by atoms with E-state index in [1.54, 1.807) is 0 Å². The van der Waals surface area contributed by atoms with Gasteiger partial charge in [-0.25, -0.2) is 12.7 Å². The molecule has 0 saturated heterocycles. The summed E-state index contributed by atoms with van der Waals surface area (Å²) in [5, 5.41) is 24.4. The third kappa shape index (κ3) is 4.47. The van der Waals surface area contributed by atoms with Gasteiger partial charge < -0.3 is 5.32 Å². The Morgan fingerprint density at radius 2 is 1.75 bits per heavy atom. The summed E-state index contributed by atoms with van der Waals surface area (Å²) in [5.74, 6) is -0.511. The Morgan fingerprint density at radius 1 is 1.07 bits per heavy atom. The Labute approximate surface area is 159 Å². The van der Waals surface area contributed by atoms with Crippen LogP contribution in [0.4, 0.5) is 17.1 Å². The molecule has 0 unspecified atom stereocenters. The summed E-state index contributed by atoms with van der Waals surface area (Å²) in [7, 11) is -1.00. The smallest absolute Gasteiger partial charge is 0.299 e. The van der Waals surface area contributed by atoms with Gasteiger partial charge in [-0.15, -0.1) is 0 Å². The van der Waals surface area contributed by atoms with Crippen LogP contribution in [0.15, 0.2) is 47.4 Å². The molecule has 12 heteroatoms. The van der Waals surface area contributed by atoms with E-state index in [2.05, 4.69) is 5.32 Å². The molecule has 0 aliphatic heterocycles. The molecule has 0 atom stereocenters. The molecule has 28 heavy (non-hydrogen) atoms. The number of ketones is 1. The van der Waals surface area contributed by atoms with Gasteiger partial charge >= 0.3 is 0 Å². The molecule has 148 valence electrons. The predicted molar refractivity (Wildman–Crippen MR) is 99.9 cm³/mol. The van der Waals surface area contributed by atoms with Gasteiger partial charge in [0.15, 0.2) is 5.78 Å². The summed E-state index contributed by atoms with van der Waals surface area (Å²) in [6.45, 7) is -0.371. The summed E-state index contributed by atoms with van der Waals surface area (Å²) in [6.07, 6.45) is 0. The average molecular weight is 408 g/mol. The van der Waals surface area contributed by atoms with Crippen molar-refractivity contribution in [1.29, 1.82) is 0 Å². The number of carbonyl (C=O) groups excluding carboxylic acids is 1. The van der Waals surface area contributed by atoms with Gasteiger partial charge in [-0.05, 0) is 18.2 Å². The molecule has 1 N–H and O–H groups in total. The molecule has 0 aliphatic carbocycles. The monoisotopic (exact) mass is 408 g/mol. The second-order valence-corrected chi connectivity index (χ2v) is 7.96. The fourth-order valence-electron chi connectivity index (χ4n) is 2.25. The molecule has 0 saturated carbocycles. The Morgan fingerprint density at radius 3 is 2.32 bits per heavy atom. The molecule has 0 spiro atoms. The van der Waals surface area contributed by atoms with Crippen molar-refractivity contribution >= 4 is 32.9 Å². The maximum atomic E-state index is 12.4. The van der Waals surface area contributed by atoms with E-state index in [4.69, 9.17) is 0 Å². The van der Waals surface area contributed by atoms with Crippen molar-refractivity contribution < 1.29 is 23.1 Å². The van der Waals surface area contributed by atoms with Crippen LogP contribution >= 0.6 is 0 Å². The molecule has 11 nitrogen and oxygen atoms in total. The summed E-state index contributed by atoms with van der Waals surface area (Å²) in [6, 6.07) is 8.39. The number of nitro groups is 2. The van der Waals surface area contributed by atoms with Gasteiger partial charge in [0.25, 0.3) is 11.4 Å². The number of sulfonamides is 1. The highest BCUT2D eigenvalue weighted by atomic mass is 32.2. The number of anilines is 1. The molecule has 0 bridgehead atoms. The zero-order chi connectivity index (χ0) is 21.1. The average Bonchev–Trinajstić information content (AvgIpc) is 2.65. The molecular weight excluding hydrogens is 392 g/mol. The number of nitrogens with one attached hydrogen (secondary N) is 1. The number of hydrogen-bond acceptors (Lipinski definition) is 8. The Balaban J connectivity index is 2.24. The first-order chi connectivity index (χ1) is 13.0. The van der Waals surface area contributed by atoms with Crippen molar-refractivity contribution in [3.05, 3.63) is 68.3 Å². The standard InChI is InChI=1S/C16H16N4O7S/c1-18(2)28(26,27)13-5-3-4-11(8-13)16(21)10-17-14-7-6-12(19(22)23)9-15(14)20(24)25/h3-9,17H,10H2,1-2H3. The Kier molecular flexibility index (Phi) is 6.06. The fourth-order valence-corrected chi connectivity index (χ4v) is 3.20. The zero-order valence-corrected chi connectivity index (χ0v) is 15.7. The molecular formula is C16H16N4O7S. The molecule has 0 heterocycles. The summed E-state index contributed by atoms with van der Waals surface area (Å²) in [5.41, 5.74) is -0.975. The van der Waals surface area contributed by atoms with Crippen molar-refractivity contribution in [2.45, 2.75) is 4.90 Å². The van der Waals surface area contributed by atoms with Gasteiger partial charge in [0.05, 0.1) is 27.4 Å². The lowest BCUT2D eigenvalue weighted by molar-refractivity contribution is -0.393. The molecule has 2 aromatic carbocycles. The van der Waals surface area contributed by atoms with E-state index >= 15 is 0 Å². The lowest BCUT2D eigenvalue weighted by Gasteiger charge is -2.12. The first-order valence-electron chi connectivity index (χ1n) is 7.76. The van der Waals surface area contributed by atoms with Crippen molar-refractivity contribution in [3.8, 4) is 0 Å². The quantitative estimate of drug-likeness (QED) is 0.395. The van der Waals surface area contributed by atoms with Gasteiger partial charge in [0, 0.05) is 25.7 Å². The highest BCUT2D eigenvalue weighted by molar-refractivity contribution is 7.89. The minimum atomic E-state index is -3.72. The van der Waals surface area contributed by atoms with E-state index in [0.29, 0.717) is 0 Å². The molecule has 0 fully saturated rings. The lowest BCUT2D eigenvalue weighted by Crippen LogP contribution is -2.22. The van der Waals surface area contributed by atoms with E-state index in [-0.39, 0.29) is 22.7 Å². The summed E-state index contributed by atoms with van der Waals surface area (Å²) >= 11 is 0. The largest absolute Gasteiger partial charge is 0.372 e. The minimum Gasteiger partial charge on any atom is -0.372 e. The minimum absolute atomic E-state index is 0.0651. The number of Topliss-reactive ketones (excluding diaryl/α,β-unsaturated/α-hetero) is 1. The number of nitrogens with zero attached hydrogens (tertiary/aromatic N) is 3. The number of carbonyl (C=O) groups is 1. The first kappa shape index (κ1) is 20.9. The van der Waals surface area contributed by atoms with Crippen LogP contribution in [0, 0.1) is 20.2 Å². The van der Waals surface area contributed by atoms with Crippen molar-refractivity contribution in [2.24, 2.45) is 0 Å². The normalized spacial score (nSPS) is 11.2. The van der Waals surface area contributed by atoms with E-state index in [9.17, 15) is 33.4 Å². The van der Waals surface area contributed by atoms with Crippen molar-refractivity contribution in [3.63, 3.8) is 0 Å². The van der Waals surface area contributed by atoms with Crippen molar-refractivity contribution in [2.75, 3.05) is 26.0 Å². The Bertz CT molecular complexity index is 1050. The van der Waals surface area contributed by atoms with Crippen LogP contribution in [0.5, 0.6) is 0 Å². The van der Waals surface area contributed by atoms with Crippen LogP contribution in [0.3, 0.4) is 0 Å². The molecule has 0 aromatic heterocycles. The van der Waals surface area contributed by atoms with Crippen LogP contribution < -0.4 is 5.32 Å². The number of non-ortho nitro benzene ring substituents is 1.